The van der Waals surface area contributed by atoms with E-state index in [9.17, 15) is 9.18 Å². The molecule has 2 aromatic carbocycles. The van der Waals surface area contributed by atoms with Crippen molar-refractivity contribution in [2.24, 2.45) is 0 Å². The normalized spacial score (nSPS) is 19.6. The monoisotopic (exact) mass is 366 g/mol. The minimum Gasteiger partial charge on any atom is -0.468 e. The van der Waals surface area contributed by atoms with E-state index in [0.717, 1.165) is 16.9 Å². The summed E-state index contributed by atoms with van der Waals surface area (Å²) in [5.74, 6) is -0.628. The van der Waals surface area contributed by atoms with Gasteiger partial charge in [-0.05, 0) is 60.1 Å². The fourth-order valence-corrected chi connectivity index (χ4v) is 4.97. The number of ether oxygens (including phenoxy) is 1. The van der Waals surface area contributed by atoms with Gasteiger partial charge in [0, 0.05) is 9.58 Å². The summed E-state index contributed by atoms with van der Waals surface area (Å²) in [5.41, 5.74) is 1.40. The summed E-state index contributed by atoms with van der Waals surface area (Å²) < 4.78 is 20.5. The van der Waals surface area contributed by atoms with E-state index in [1.54, 1.807) is 24.3 Å². The third-order valence-corrected chi connectivity index (χ3v) is 6.44. The Kier molecular flexibility index (Phi) is 4.16. The smallest absolute Gasteiger partial charge is 0.320 e. The van der Waals surface area contributed by atoms with Gasteiger partial charge in [-0.25, -0.2) is 4.39 Å². The van der Waals surface area contributed by atoms with Crippen molar-refractivity contribution in [2.45, 2.75) is 25.2 Å². The third-order valence-electron chi connectivity index (χ3n) is 5.25. The zero-order valence-corrected chi connectivity index (χ0v) is 15.5. The number of halogens is 1. The summed E-state index contributed by atoms with van der Waals surface area (Å²) >= 11 is 1.72. The summed E-state index contributed by atoms with van der Waals surface area (Å²) in [7, 11) is 1.39. The van der Waals surface area contributed by atoms with Crippen molar-refractivity contribution in [3.63, 3.8) is 0 Å². The molecule has 1 aliphatic rings. The van der Waals surface area contributed by atoms with Gasteiger partial charge >= 0.3 is 5.97 Å². The molecular weight excluding hydrogens is 347 g/mol. The van der Waals surface area contributed by atoms with Gasteiger partial charge in [0.15, 0.2) is 0 Å². The zero-order chi connectivity index (χ0) is 18.3. The van der Waals surface area contributed by atoms with Gasteiger partial charge in [-0.2, -0.15) is 0 Å². The standard InChI is InChI=1S/C22H19FO2S/c1-14-17(7-5-8-18(14)23)22(21(24)25-2)11-10-16(13-22)20-12-15-6-3-4-9-19(15)26-20/h3-9,12-13H,10-11H2,1-2H3. The number of hydrogen-bond acceptors (Lipinski definition) is 3. The lowest BCUT2D eigenvalue weighted by atomic mass is 9.78. The van der Waals surface area contributed by atoms with Gasteiger partial charge in [0.1, 0.15) is 11.2 Å². The van der Waals surface area contributed by atoms with Crippen molar-refractivity contribution < 1.29 is 13.9 Å². The van der Waals surface area contributed by atoms with Gasteiger partial charge in [-0.15, -0.1) is 11.3 Å². The van der Waals surface area contributed by atoms with Crippen LogP contribution in [0.25, 0.3) is 15.7 Å². The number of rotatable bonds is 3. The summed E-state index contributed by atoms with van der Waals surface area (Å²) in [6.45, 7) is 1.72. The van der Waals surface area contributed by atoms with E-state index in [4.69, 9.17) is 4.74 Å². The molecule has 0 amide bonds. The molecular formula is C22H19FO2S. The average molecular weight is 366 g/mol. The van der Waals surface area contributed by atoms with Crippen LogP contribution >= 0.6 is 11.3 Å². The molecule has 0 fully saturated rings. The fraction of sp³-hybridized carbons (Fsp3) is 0.227. The van der Waals surface area contributed by atoms with Gasteiger partial charge < -0.3 is 4.74 Å². The van der Waals surface area contributed by atoms with Crippen LogP contribution in [0.15, 0.2) is 54.6 Å². The Hall–Kier alpha value is -2.46. The fourth-order valence-electron chi connectivity index (χ4n) is 3.86. The Bertz CT molecular complexity index is 1000. The van der Waals surface area contributed by atoms with Crippen LogP contribution in [0.5, 0.6) is 0 Å². The average Bonchev–Trinajstić information content (AvgIpc) is 3.28. The van der Waals surface area contributed by atoms with Crippen LogP contribution in [0.1, 0.15) is 28.8 Å². The molecule has 0 bridgehead atoms. The number of thiophene rings is 1. The number of esters is 1. The minimum absolute atomic E-state index is 0.297. The number of carbonyl (C=O) groups excluding carboxylic acids is 1. The minimum atomic E-state index is -0.924. The van der Waals surface area contributed by atoms with Crippen molar-refractivity contribution >= 4 is 33.0 Å². The van der Waals surface area contributed by atoms with Gasteiger partial charge in [0.25, 0.3) is 0 Å². The first kappa shape index (κ1) is 17.0. The summed E-state index contributed by atoms with van der Waals surface area (Å²) in [6, 6.07) is 15.3. The molecule has 1 heterocycles. The second kappa shape index (κ2) is 6.36. The van der Waals surface area contributed by atoms with Crippen LogP contribution in [0.2, 0.25) is 0 Å². The van der Waals surface area contributed by atoms with E-state index in [0.29, 0.717) is 17.5 Å². The van der Waals surface area contributed by atoms with E-state index in [2.05, 4.69) is 18.2 Å². The maximum Gasteiger partial charge on any atom is 0.320 e. The van der Waals surface area contributed by atoms with E-state index in [-0.39, 0.29) is 11.8 Å². The van der Waals surface area contributed by atoms with Gasteiger partial charge in [0.2, 0.25) is 0 Å². The van der Waals surface area contributed by atoms with Crippen LogP contribution < -0.4 is 0 Å². The predicted octanol–water partition coefficient (Wildman–Crippen LogP) is 5.64. The number of fused-ring (bicyclic) bond motifs is 1. The molecule has 1 atom stereocenters. The molecule has 0 N–H and O–H groups in total. The lowest BCUT2D eigenvalue weighted by molar-refractivity contribution is -0.145. The highest BCUT2D eigenvalue weighted by Crippen LogP contribution is 2.46. The quantitative estimate of drug-likeness (QED) is 0.561. The van der Waals surface area contributed by atoms with Crippen LogP contribution in [-0.4, -0.2) is 13.1 Å². The van der Waals surface area contributed by atoms with Crippen LogP contribution in [-0.2, 0) is 14.9 Å². The van der Waals surface area contributed by atoms with Crippen LogP contribution in [0, 0.1) is 12.7 Å². The van der Waals surface area contributed by atoms with Gasteiger partial charge in [0.05, 0.1) is 7.11 Å². The Labute approximate surface area is 155 Å². The molecule has 0 saturated heterocycles. The van der Waals surface area contributed by atoms with Crippen molar-refractivity contribution in [1.29, 1.82) is 0 Å². The maximum absolute atomic E-state index is 14.2. The number of methoxy groups -OCH3 is 1. The number of carbonyl (C=O) groups is 1. The molecule has 4 rings (SSSR count). The molecule has 132 valence electrons. The second-order valence-electron chi connectivity index (χ2n) is 6.69. The summed E-state index contributed by atoms with van der Waals surface area (Å²) in [6.07, 6.45) is 3.34. The van der Waals surface area contributed by atoms with Gasteiger partial charge in [-0.1, -0.05) is 36.4 Å². The Balaban J connectivity index is 1.86. The Morgan fingerprint density at radius 1 is 1.19 bits per heavy atom. The molecule has 0 saturated carbocycles. The van der Waals surface area contributed by atoms with Crippen LogP contribution in [0.4, 0.5) is 4.39 Å². The molecule has 0 aliphatic heterocycles. The molecule has 1 aromatic heterocycles. The molecule has 1 unspecified atom stereocenters. The highest BCUT2D eigenvalue weighted by Gasteiger charge is 2.44. The third kappa shape index (κ3) is 2.56. The first-order chi connectivity index (χ1) is 12.5. The second-order valence-corrected chi connectivity index (χ2v) is 7.78. The predicted molar refractivity (Wildman–Crippen MR) is 104 cm³/mol. The van der Waals surface area contributed by atoms with Crippen molar-refractivity contribution in [2.75, 3.05) is 7.11 Å². The molecule has 0 spiro atoms. The Morgan fingerprint density at radius 3 is 2.77 bits per heavy atom. The molecule has 4 heteroatoms. The van der Waals surface area contributed by atoms with Crippen molar-refractivity contribution in [3.8, 4) is 0 Å². The zero-order valence-electron chi connectivity index (χ0n) is 14.7. The first-order valence-corrected chi connectivity index (χ1v) is 9.41. The van der Waals surface area contributed by atoms with Gasteiger partial charge in [-0.3, -0.25) is 4.79 Å². The Morgan fingerprint density at radius 2 is 2.00 bits per heavy atom. The van der Waals surface area contributed by atoms with Crippen molar-refractivity contribution in [1.82, 2.24) is 0 Å². The number of hydrogen-bond donors (Lipinski definition) is 0. The highest BCUT2D eigenvalue weighted by atomic mass is 32.1. The molecule has 26 heavy (non-hydrogen) atoms. The highest BCUT2D eigenvalue weighted by molar-refractivity contribution is 7.20. The first-order valence-electron chi connectivity index (χ1n) is 8.60. The van der Waals surface area contributed by atoms with Crippen LogP contribution in [0.3, 0.4) is 0 Å². The van der Waals surface area contributed by atoms with E-state index >= 15 is 0 Å². The lowest BCUT2D eigenvalue weighted by Crippen LogP contribution is -2.34. The number of benzene rings is 2. The summed E-state index contributed by atoms with van der Waals surface area (Å²) in [4.78, 5) is 13.9. The molecule has 3 aromatic rings. The maximum atomic E-state index is 14.2. The van der Waals surface area contributed by atoms with E-state index < -0.39 is 5.41 Å². The number of allylic oxidation sites excluding steroid dienone is 1. The SMILES string of the molecule is COC(=O)C1(c2cccc(F)c2C)C=C(c2cc3ccccc3s2)CC1. The lowest BCUT2D eigenvalue weighted by Gasteiger charge is -2.26. The van der Waals surface area contributed by atoms with E-state index in [1.165, 1.54) is 23.3 Å². The largest absolute Gasteiger partial charge is 0.468 e. The van der Waals surface area contributed by atoms with Crippen molar-refractivity contribution in [3.05, 3.63) is 76.4 Å². The summed E-state index contributed by atoms with van der Waals surface area (Å²) in [5, 5.41) is 1.20. The molecule has 1 aliphatic carbocycles. The molecule has 2 nitrogen and oxygen atoms in total. The topological polar surface area (TPSA) is 26.3 Å². The van der Waals surface area contributed by atoms with E-state index in [1.807, 2.05) is 24.3 Å². The molecule has 0 radical (unpaired) electrons.